The summed E-state index contributed by atoms with van der Waals surface area (Å²) in [6.45, 7) is 1.24. The molecule has 1 aliphatic rings. The Kier molecular flexibility index (Phi) is 4.95. The van der Waals surface area contributed by atoms with Crippen LogP contribution in [0.1, 0.15) is 40.4 Å². The highest BCUT2D eigenvalue weighted by Crippen LogP contribution is 2.17. The summed E-state index contributed by atoms with van der Waals surface area (Å²) in [6.07, 6.45) is 5.10. The second kappa shape index (κ2) is 7.12. The number of nitrogens with one attached hydrogen (secondary N) is 1. The van der Waals surface area contributed by atoms with Crippen LogP contribution in [0.2, 0.25) is 0 Å². The minimum atomic E-state index is -0.276. The molecule has 1 N–H and O–H groups in total. The lowest BCUT2D eigenvalue weighted by Gasteiger charge is -2.15. The molecular formula is C16H19FN4OS. The van der Waals surface area contributed by atoms with Gasteiger partial charge in [-0.15, -0.1) is 10.2 Å². The Labute approximate surface area is 138 Å². The van der Waals surface area contributed by atoms with Crippen molar-refractivity contribution >= 4 is 17.7 Å². The molecule has 0 saturated carbocycles. The predicted molar refractivity (Wildman–Crippen MR) is 87.7 cm³/mol. The number of carbonyl (C=O) groups excluding carboxylic acids is 1. The number of benzene rings is 1. The molecule has 2 heterocycles. The number of carbonyl (C=O) groups is 1. The van der Waals surface area contributed by atoms with Crippen LogP contribution in [-0.2, 0) is 25.3 Å². The van der Waals surface area contributed by atoms with Gasteiger partial charge in [-0.2, -0.15) is 11.8 Å². The Morgan fingerprint density at radius 2 is 2.26 bits per heavy atom. The van der Waals surface area contributed by atoms with Gasteiger partial charge in [0.05, 0.1) is 6.54 Å². The maximum atomic E-state index is 13.7. The molecule has 1 aromatic carbocycles. The fraction of sp³-hybridized carbons (Fsp3) is 0.438. The van der Waals surface area contributed by atoms with E-state index in [4.69, 9.17) is 0 Å². The Morgan fingerprint density at radius 1 is 1.39 bits per heavy atom. The summed E-state index contributed by atoms with van der Waals surface area (Å²) in [6, 6.07) is 4.47. The third-order valence-corrected chi connectivity index (χ3v) is 4.55. The maximum Gasteiger partial charge on any atom is 0.251 e. The first kappa shape index (κ1) is 16.0. The monoisotopic (exact) mass is 334 g/mol. The van der Waals surface area contributed by atoms with Gasteiger partial charge in [-0.25, -0.2) is 4.39 Å². The molecule has 2 aromatic rings. The molecule has 0 bridgehead atoms. The summed E-state index contributed by atoms with van der Waals surface area (Å²) >= 11 is 1.52. The van der Waals surface area contributed by atoms with Crippen LogP contribution in [0.15, 0.2) is 18.2 Å². The van der Waals surface area contributed by atoms with Gasteiger partial charge in [0.25, 0.3) is 5.91 Å². The molecule has 1 amide bonds. The molecule has 1 aromatic heterocycles. The van der Waals surface area contributed by atoms with E-state index >= 15 is 0 Å². The topological polar surface area (TPSA) is 59.8 Å². The van der Waals surface area contributed by atoms with E-state index in [2.05, 4.69) is 20.1 Å². The number of thioether (sulfide) groups is 1. The molecular weight excluding hydrogens is 315 g/mol. The van der Waals surface area contributed by atoms with Crippen molar-refractivity contribution in [2.45, 2.75) is 38.1 Å². The number of hydrogen-bond donors (Lipinski definition) is 1. The lowest BCUT2D eigenvalue weighted by molar-refractivity contribution is 0.0949. The lowest BCUT2D eigenvalue weighted by Crippen LogP contribution is -2.25. The summed E-state index contributed by atoms with van der Waals surface area (Å²) in [4.78, 5) is 12.3. The zero-order valence-electron chi connectivity index (χ0n) is 13.0. The van der Waals surface area contributed by atoms with Crippen LogP contribution in [0.25, 0.3) is 0 Å². The molecule has 0 spiro atoms. The Bertz CT molecular complexity index is 716. The molecule has 0 radical (unpaired) electrons. The van der Waals surface area contributed by atoms with Crippen molar-refractivity contribution in [3.8, 4) is 0 Å². The highest BCUT2D eigenvalue weighted by molar-refractivity contribution is 7.97. The average molecular weight is 334 g/mol. The van der Waals surface area contributed by atoms with Crippen molar-refractivity contribution in [3.05, 3.63) is 46.8 Å². The van der Waals surface area contributed by atoms with Gasteiger partial charge in [0.1, 0.15) is 11.6 Å². The summed E-state index contributed by atoms with van der Waals surface area (Å²) in [5.41, 5.74) is 1.01. The van der Waals surface area contributed by atoms with Crippen LogP contribution in [0.5, 0.6) is 0 Å². The van der Waals surface area contributed by atoms with Crippen LogP contribution in [0, 0.1) is 5.82 Å². The van der Waals surface area contributed by atoms with Gasteiger partial charge < -0.3 is 9.88 Å². The van der Waals surface area contributed by atoms with E-state index < -0.39 is 0 Å². The number of aromatic nitrogens is 3. The molecule has 23 heavy (non-hydrogen) atoms. The van der Waals surface area contributed by atoms with E-state index in [0.717, 1.165) is 37.5 Å². The fourth-order valence-electron chi connectivity index (χ4n) is 2.74. The third kappa shape index (κ3) is 3.55. The number of aryl methyl sites for hydroxylation is 1. The molecule has 0 fully saturated rings. The van der Waals surface area contributed by atoms with E-state index in [-0.39, 0.29) is 11.7 Å². The fourth-order valence-corrected chi connectivity index (χ4v) is 3.27. The van der Waals surface area contributed by atoms with Crippen molar-refractivity contribution in [2.75, 3.05) is 6.26 Å². The van der Waals surface area contributed by atoms with Crippen LogP contribution >= 0.6 is 11.8 Å². The number of hydrogen-bond acceptors (Lipinski definition) is 4. The van der Waals surface area contributed by atoms with Crippen LogP contribution in [0.3, 0.4) is 0 Å². The molecule has 1 aliphatic heterocycles. The Balaban J connectivity index is 1.68. The van der Waals surface area contributed by atoms with Crippen LogP contribution in [0.4, 0.5) is 4.39 Å². The molecule has 0 unspecified atom stereocenters. The van der Waals surface area contributed by atoms with Crippen molar-refractivity contribution in [1.29, 1.82) is 0 Å². The molecule has 0 aliphatic carbocycles. The van der Waals surface area contributed by atoms with E-state index in [9.17, 15) is 9.18 Å². The summed E-state index contributed by atoms with van der Waals surface area (Å²) < 4.78 is 15.7. The van der Waals surface area contributed by atoms with E-state index in [1.54, 1.807) is 6.07 Å². The quantitative estimate of drug-likeness (QED) is 0.913. The summed E-state index contributed by atoms with van der Waals surface area (Å²) in [5.74, 6) is 1.82. The van der Waals surface area contributed by atoms with E-state index in [1.807, 2.05) is 6.26 Å². The predicted octanol–water partition coefficient (Wildman–Crippen LogP) is 2.55. The van der Waals surface area contributed by atoms with Gasteiger partial charge in [-0.3, -0.25) is 4.79 Å². The zero-order chi connectivity index (χ0) is 16.2. The number of halogens is 1. The number of rotatable bonds is 5. The Hall–Kier alpha value is -1.89. The van der Waals surface area contributed by atoms with E-state index in [0.29, 0.717) is 23.4 Å². The second-order valence-corrected chi connectivity index (χ2v) is 6.43. The minimum absolute atomic E-state index is 0.222. The molecule has 0 saturated heterocycles. The van der Waals surface area contributed by atoms with Crippen LogP contribution < -0.4 is 5.32 Å². The number of amides is 1. The first-order valence-electron chi connectivity index (χ1n) is 7.65. The smallest absolute Gasteiger partial charge is 0.251 e. The Morgan fingerprint density at radius 3 is 3.09 bits per heavy atom. The molecule has 3 rings (SSSR count). The maximum absolute atomic E-state index is 13.7. The second-order valence-electron chi connectivity index (χ2n) is 5.56. The molecule has 5 nitrogen and oxygen atoms in total. The van der Waals surface area contributed by atoms with Gasteiger partial charge in [0.15, 0.2) is 5.82 Å². The average Bonchev–Trinajstić information content (AvgIpc) is 2.98. The van der Waals surface area contributed by atoms with Gasteiger partial charge >= 0.3 is 0 Å². The molecule has 122 valence electrons. The summed E-state index contributed by atoms with van der Waals surface area (Å²) in [7, 11) is 0. The number of nitrogens with zero attached hydrogens (tertiary/aromatic N) is 3. The molecule has 7 heteroatoms. The van der Waals surface area contributed by atoms with Crippen molar-refractivity contribution in [2.24, 2.45) is 0 Å². The lowest BCUT2D eigenvalue weighted by atomic mass is 10.1. The van der Waals surface area contributed by atoms with Gasteiger partial charge in [-0.05, 0) is 42.9 Å². The van der Waals surface area contributed by atoms with Crippen molar-refractivity contribution in [3.63, 3.8) is 0 Å². The largest absolute Gasteiger partial charge is 0.345 e. The van der Waals surface area contributed by atoms with Crippen molar-refractivity contribution in [1.82, 2.24) is 20.1 Å². The van der Waals surface area contributed by atoms with Gasteiger partial charge in [0, 0.05) is 24.3 Å². The van der Waals surface area contributed by atoms with Gasteiger partial charge in [0.2, 0.25) is 0 Å². The highest BCUT2D eigenvalue weighted by atomic mass is 32.2. The molecule has 0 atom stereocenters. The normalized spacial score (nSPS) is 13.7. The third-order valence-electron chi connectivity index (χ3n) is 3.95. The zero-order valence-corrected chi connectivity index (χ0v) is 13.8. The highest BCUT2D eigenvalue weighted by Gasteiger charge is 2.16. The number of fused-ring (bicyclic) bond motifs is 1. The van der Waals surface area contributed by atoms with Crippen LogP contribution in [-0.4, -0.2) is 26.9 Å². The van der Waals surface area contributed by atoms with E-state index in [1.165, 1.54) is 23.9 Å². The minimum Gasteiger partial charge on any atom is -0.345 e. The standard InChI is InChI=1S/C16H19FN4OS/c1-23-10-12-8-11(5-6-13(12)17)16(22)18-9-15-20-19-14-4-2-3-7-21(14)15/h5-6,8H,2-4,7,9-10H2,1H3,(H,18,22). The van der Waals surface area contributed by atoms with Gasteiger partial charge in [-0.1, -0.05) is 0 Å². The van der Waals surface area contributed by atoms with Crippen molar-refractivity contribution < 1.29 is 9.18 Å². The SMILES string of the molecule is CSCc1cc(C(=O)NCc2nnc3n2CCCC3)ccc1F. The first-order valence-corrected chi connectivity index (χ1v) is 9.05. The summed E-state index contributed by atoms with van der Waals surface area (Å²) in [5, 5.41) is 11.2. The first-order chi connectivity index (χ1) is 11.2.